The first-order valence-electron chi connectivity index (χ1n) is 8.03. The molecule has 0 unspecified atom stereocenters. The minimum Gasteiger partial charge on any atom is -0.497 e. The van der Waals surface area contributed by atoms with Gasteiger partial charge in [0.1, 0.15) is 16.4 Å². The Morgan fingerprint density at radius 2 is 1.76 bits per heavy atom. The van der Waals surface area contributed by atoms with Crippen molar-refractivity contribution in [1.82, 2.24) is 4.31 Å². The summed E-state index contributed by atoms with van der Waals surface area (Å²) in [5.74, 6) is 0.845. The number of hydrogen-bond donors (Lipinski definition) is 0. The van der Waals surface area contributed by atoms with E-state index in [4.69, 9.17) is 9.47 Å². The summed E-state index contributed by atoms with van der Waals surface area (Å²) in [6, 6.07) is 14.8. The van der Waals surface area contributed by atoms with Crippen LogP contribution in [0.5, 0.6) is 11.5 Å². The van der Waals surface area contributed by atoms with E-state index in [0.717, 1.165) is 5.56 Å². The molecule has 0 aliphatic carbocycles. The molecular formula is C19H21NO4S. The molecule has 2 aromatic carbocycles. The van der Waals surface area contributed by atoms with E-state index in [1.165, 1.54) is 30.2 Å². The van der Waals surface area contributed by atoms with Crippen LogP contribution in [0.25, 0.3) is 5.57 Å². The van der Waals surface area contributed by atoms with Gasteiger partial charge in [0.2, 0.25) is 10.0 Å². The van der Waals surface area contributed by atoms with Crippen LogP contribution in [0.4, 0.5) is 0 Å². The summed E-state index contributed by atoms with van der Waals surface area (Å²) in [6.07, 6.45) is 2.66. The Bertz CT molecular complexity index is 876. The molecule has 0 bridgehead atoms. The van der Waals surface area contributed by atoms with Gasteiger partial charge in [0.25, 0.3) is 0 Å². The van der Waals surface area contributed by atoms with E-state index in [0.29, 0.717) is 25.3 Å². The fourth-order valence-corrected chi connectivity index (χ4v) is 4.43. The highest BCUT2D eigenvalue weighted by molar-refractivity contribution is 7.89. The lowest BCUT2D eigenvalue weighted by molar-refractivity contribution is 0.382. The van der Waals surface area contributed by atoms with Crippen LogP contribution in [-0.4, -0.2) is 40.0 Å². The molecule has 5 nitrogen and oxygen atoms in total. The zero-order chi connectivity index (χ0) is 17.9. The summed E-state index contributed by atoms with van der Waals surface area (Å²) >= 11 is 0. The molecule has 0 radical (unpaired) electrons. The molecule has 2 aromatic rings. The number of sulfonamides is 1. The third-order valence-electron chi connectivity index (χ3n) is 4.31. The van der Waals surface area contributed by atoms with Gasteiger partial charge in [0.05, 0.1) is 14.2 Å². The molecule has 0 spiro atoms. The smallest absolute Gasteiger partial charge is 0.247 e. The molecule has 132 valence electrons. The first kappa shape index (κ1) is 17.5. The van der Waals surface area contributed by atoms with E-state index in [2.05, 4.69) is 0 Å². The number of benzene rings is 2. The lowest BCUT2D eigenvalue weighted by Crippen LogP contribution is -2.34. The number of rotatable bonds is 5. The van der Waals surface area contributed by atoms with Crippen LogP contribution in [0.2, 0.25) is 0 Å². The first-order chi connectivity index (χ1) is 12.1. The summed E-state index contributed by atoms with van der Waals surface area (Å²) in [5, 5.41) is 0. The standard InChI is InChI=1S/C19H21NO4S/c1-23-17-8-9-19(18(14-17)24-2)25(21,22)20-12-10-16(11-13-20)15-6-4-3-5-7-15/h3-10,14H,11-13H2,1-2H3. The second-order valence-electron chi connectivity index (χ2n) is 5.73. The third kappa shape index (κ3) is 3.55. The maximum atomic E-state index is 13.0. The van der Waals surface area contributed by atoms with Crippen molar-refractivity contribution >= 4 is 15.6 Å². The van der Waals surface area contributed by atoms with E-state index in [9.17, 15) is 8.42 Å². The molecule has 6 heteroatoms. The zero-order valence-corrected chi connectivity index (χ0v) is 15.1. The highest BCUT2D eigenvalue weighted by atomic mass is 32.2. The Balaban J connectivity index is 1.86. The van der Waals surface area contributed by atoms with Gasteiger partial charge >= 0.3 is 0 Å². The normalized spacial score (nSPS) is 15.5. The van der Waals surface area contributed by atoms with Crippen LogP contribution in [0.3, 0.4) is 0 Å². The van der Waals surface area contributed by atoms with Gasteiger partial charge in [0.15, 0.2) is 0 Å². The molecule has 0 saturated heterocycles. The van der Waals surface area contributed by atoms with E-state index >= 15 is 0 Å². The van der Waals surface area contributed by atoms with E-state index < -0.39 is 10.0 Å². The second kappa shape index (κ2) is 7.29. The van der Waals surface area contributed by atoms with Crippen LogP contribution in [-0.2, 0) is 10.0 Å². The average Bonchev–Trinajstić information content (AvgIpc) is 2.68. The summed E-state index contributed by atoms with van der Waals surface area (Å²) < 4.78 is 37.8. The predicted octanol–water partition coefficient (Wildman–Crippen LogP) is 3.18. The van der Waals surface area contributed by atoms with E-state index in [1.54, 1.807) is 12.1 Å². The number of methoxy groups -OCH3 is 2. The van der Waals surface area contributed by atoms with Crippen molar-refractivity contribution in [3.63, 3.8) is 0 Å². The number of ether oxygens (including phenoxy) is 2. The second-order valence-corrected chi connectivity index (χ2v) is 7.63. The van der Waals surface area contributed by atoms with Gasteiger partial charge in [-0.3, -0.25) is 0 Å². The van der Waals surface area contributed by atoms with Crippen LogP contribution >= 0.6 is 0 Å². The van der Waals surface area contributed by atoms with Gasteiger partial charge in [-0.15, -0.1) is 0 Å². The first-order valence-corrected chi connectivity index (χ1v) is 9.47. The lowest BCUT2D eigenvalue weighted by atomic mass is 10.0. The van der Waals surface area contributed by atoms with Gasteiger partial charge < -0.3 is 9.47 Å². The topological polar surface area (TPSA) is 55.8 Å². The van der Waals surface area contributed by atoms with Crippen LogP contribution in [0.15, 0.2) is 59.5 Å². The van der Waals surface area contributed by atoms with Crippen molar-refractivity contribution < 1.29 is 17.9 Å². The van der Waals surface area contributed by atoms with Gasteiger partial charge in [-0.1, -0.05) is 36.4 Å². The Hall–Kier alpha value is -2.31. The molecular weight excluding hydrogens is 338 g/mol. The molecule has 0 fully saturated rings. The van der Waals surface area contributed by atoms with Crippen molar-refractivity contribution in [2.75, 3.05) is 27.3 Å². The Labute approximate surface area is 148 Å². The summed E-state index contributed by atoms with van der Waals surface area (Å²) in [7, 11) is -0.640. The van der Waals surface area contributed by atoms with Gasteiger partial charge in [-0.05, 0) is 29.7 Å². The van der Waals surface area contributed by atoms with Crippen LogP contribution in [0, 0.1) is 0 Å². The molecule has 0 amide bonds. The quantitative estimate of drug-likeness (QED) is 0.823. The molecule has 0 saturated carbocycles. The van der Waals surface area contributed by atoms with E-state index in [1.807, 2.05) is 36.4 Å². The van der Waals surface area contributed by atoms with Crippen molar-refractivity contribution in [3.05, 3.63) is 60.2 Å². The average molecular weight is 359 g/mol. The molecule has 25 heavy (non-hydrogen) atoms. The largest absolute Gasteiger partial charge is 0.497 e. The van der Waals surface area contributed by atoms with E-state index in [-0.39, 0.29) is 10.6 Å². The Kier molecular flexibility index (Phi) is 5.11. The fourth-order valence-electron chi connectivity index (χ4n) is 2.91. The summed E-state index contributed by atoms with van der Waals surface area (Å²) in [6.45, 7) is 0.792. The monoisotopic (exact) mass is 359 g/mol. The van der Waals surface area contributed by atoms with Crippen molar-refractivity contribution in [3.8, 4) is 11.5 Å². The van der Waals surface area contributed by atoms with Gasteiger partial charge in [0, 0.05) is 19.2 Å². The van der Waals surface area contributed by atoms with Crippen LogP contribution in [0.1, 0.15) is 12.0 Å². The molecule has 0 atom stereocenters. The molecule has 1 heterocycles. The number of hydrogen-bond acceptors (Lipinski definition) is 4. The van der Waals surface area contributed by atoms with Crippen molar-refractivity contribution in [2.24, 2.45) is 0 Å². The molecule has 1 aliphatic heterocycles. The Morgan fingerprint density at radius 1 is 1.00 bits per heavy atom. The fraction of sp³-hybridized carbons (Fsp3) is 0.263. The molecule has 1 aliphatic rings. The van der Waals surface area contributed by atoms with Crippen molar-refractivity contribution in [1.29, 1.82) is 0 Å². The van der Waals surface area contributed by atoms with Crippen molar-refractivity contribution in [2.45, 2.75) is 11.3 Å². The Morgan fingerprint density at radius 3 is 2.36 bits per heavy atom. The minimum absolute atomic E-state index is 0.160. The summed E-state index contributed by atoms with van der Waals surface area (Å²) in [5.41, 5.74) is 2.32. The maximum Gasteiger partial charge on any atom is 0.247 e. The molecule has 0 N–H and O–H groups in total. The minimum atomic E-state index is -3.63. The highest BCUT2D eigenvalue weighted by Crippen LogP contribution is 2.32. The molecule has 3 rings (SSSR count). The van der Waals surface area contributed by atoms with Gasteiger partial charge in [-0.25, -0.2) is 8.42 Å². The predicted molar refractivity (Wildman–Crippen MR) is 97.3 cm³/mol. The summed E-state index contributed by atoms with van der Waals surface area (Å²) in [4.78, 5) is 0.160. The lowest BCUT2D eigenvalue weighted by Gasteiger charge is -2.26. The zero-order valence-electron chi connectivity index (χ0n) is 14.3. The molecule has 0 aromatic heterocycles. The maximum absolute atomic E-state index is 13.0. The third-order valence-corrected chi connectivity index (χ3v) is 6.21. The SMILES string of the molecule is COc1ccc(S(=O)(=O)N2CC=C(c3ccccc3)CC2)c(OC)c1. The van der Waals surface area contributed by atoms with Crippen LogP contribution < -0.4 is 9.47 Å². The highest BCUT2D eigenvalue weighted by Gasteiger charge is 2.29. The number of nitrogens with zero attached hydrogens (tertiary/aromatic N) is 1. The van der Waals surface area contributed by atoms with Gasteiger partial charge in [-0.2, -0.15) is 4.31 Å².